The zero-order chi connectivity index (χ0) is 19.9. The van der Waals surface area contributed by atoms with Crippen LogP contribution in [0, 0.1) is 6.92 Å². The zero-order valence-electron chi connectivity index (χ0n) is 16.9. The summed E-state index contributed by atoms with van der Waals surface area (Å²) in [5, 5.41) is 2.97. The van der Waals surface area contributed by atoms with E-state index in [1.165, 1.54) is 12.8 Å². The largest absolute Gasteiger partial charge is 0.493 e. The van der Waals surface area contributed by atoms with Gasteiger partial charge in [0.25, 0.3) is 0 Å². The molecule has 2 aromatic rings. The van der Waals surface area contributed by atoms with Gasteiger partial charge < -0.3 is 19.5 Å². The molecule has 1 fully saturated rings. The quantitative estimate of drug-likeness (QED) is 0.704. The van der Waals surface area contributed by atoms with Crippen molar-refractivity contribution in [3.63, 3.8) is 0 Å². The van der Waals surface area contributed by atoms with Crippen molar-refractivity contribution < 1.29 is 19.0 Å². The van der Waals surface area contributed by atoms with E-state index in [-0.39, 0.29) is 5.91 Å². The molecule has 0 saturated heterocycles. The van der Waals surface area contributed by atoms with E-state index >= 15 is 0 Å². The third-order valence-electron chi connectivity index (χ3n) is 5.15. The smallest absolute Gasteiger partial charge is 0.224 e. The average molecular weight is 383 g/mol. The molecule has 28 heavy (non-hydrogen) atoms. The van der Waals surface area contributed by atoms with Crippen LogP contribution in [-0.2, 0) is 11.2 Å². The van der Waals surface area contributed by atoms with Gasteiger partial charge in [-0.3, -0.25) is 4.79 Å². The number of hydrogen-bond acceptors (Lipinski definition) is 4. The maximum absolute atomic E-state index is 12.4. The van der Waals surface area contributed by atoms with Gasteiger partial charge in [-0.25, -0.2) is 0 Å². The first-order valence-corrected chi connectivity index (χ1v) is 9.87. The molecule has 2 aromatic carbocycles. The normalized spacial score (nSPS) is 14.0. The Hall–Kier alpha value is -2.69. The Labute approximate surface area is 167 Å². The minimum Gasteiger partial charge on any atom is -0.493 e. The molecule has 0 unspecified atom stereocenters. The molecular formula is C23H29NO4. The highest BCUT2D eigenvalue weighted by atomic mass is 16.5. The Morgan fingerprint density at radius 1 is 1.07 bits per heavy atom. The summed E-state index contributed by atoms with van der Waals surface area (Å²) in [6, 6.07) is 11.7. The molecule has 1 aliphatic carbocycles. The number of aryl methyl sites for hydroxylation is 2. The second-order valence-electron chi connectivity index (χ2n) is 7.24. The first-order valence-electron chi connectivity index (χ1n) is 9.87. The van der Waals surface area contributed by atoms with E-state index < -0.39 is 0 Å². The van der Waals surface area contributed by atoms with Gasteiger partial charge in [0, 0.05) is 18.2 Å². The van der Waals surface area contributed by atoms with Crippen LogP contribution in [0.2, 0.25) is 0 Å². The molecule has 150 valence electrons. The van der Waals surface area contributed by atoms with E-state index in [0.717, 1.165) is 35.4 Å². The number of carbonyl (C=O) groups is 1. The van der Waals surface area contributed by atoms with Gasteiger partial charge in [0.2, 0.25) is 5.91 Å². The van der Waals surface area contributed by atoms with Crippen LogP contribution in [0.5, 0.6) is 17.2 Å². The standard InChI is InChI=1S/C23H29NO4/c1-16-13-21(26-2)22(27-3)15-20(16)24-23(25)12-11-17-7-6-10-19(14-17)28-18-8-4-5-9-18/h6-7,10,13-15,18H,4-5,8-9,11-12H2,1-3H3,(H,24,25). The molecule has 1 saturated carbocycles. The summed E-state index contributed by atoms with van der Waals surface area (Å²) in [5.41, 5.74) is 2.77. The van der Waals surface area contributed by atoms with Crippen LogP contribution < -0.4 is 19.5 Å². The number of amides is 1. The number of benzene rings is 2. The molecule has 1 N–H and O–H groups in total. The number of nitrogens with one attached hydrogen (secondary N) is 1. The maximum Gasteiger partial charge on any atom is 0.224 e. The van der Waals surface area contributed by atoms with Crippen molar-refractivity contribution in [1.29, 1.82) is 0 Å². The molecule has 0 aliphatic heterocycles. The molecular weight excluding hydrogens is 354 g/mol. The summed E-state index contributed by atoms with van der Waals surface area (Å²) in [4.78, 5) is 12.4. The fourth-order valence-corrected chi connectivity index (χ4v) is 3.56. The highest BCUT2D eigenvalue weighted by Crippen LogP contribution is 2.33. The fourth-order valence-electron chi connectivity index (χ4n) is 3.56. The minimum absolute atomic E-state index is 0.0302. The van der Waals surface area contributed by atoms with E-state index in [1.807, 2.05) is 37.3 Å². The van der Waals surface area contributed by atoms with Gasteiger partial charge in [-0.2, -0.15) is 0 Å². The molecule has 5 heteroatoms. The van der Waals surface area contributed by atoms with Gasteiger partial charge in [0.05, 0.1) is 20.3 Å². The van der Waals surface area contributed by atoms with Crippen molar-refractivity contribution in [3.05, 3.63) is 47.5 Å². The third kappa shape index (κ3) is 5.18. The first-order chi connectivity index (χ1) is 13.6. The van der Waals surface area contributed by atoms with Gasteiger partial charge in [-0.15, -0.1) is 0 Å². The van der Waals surface area contributed by atoms with Crippen LogP contribution in [0.25, 0.3) is 0 Å². The maximum atomic E-state index is 12.4. The van der Waals surface area contributed by atoms with E-state index in [9.17, 15) is 4.79 Å². The summed E-state index contributed by atoms with van der Waals surface area (Å²) in [5.74, 6) is 2.12. The van der Waals surface area contributed by atoms with Crippen molar-refractivity contribution in [1.82, 2.24) is 0 Å². The Kier molecular flexibility index (Phi) is 6.80. The van der Waals surface area contributed by atoms with Crippen molar-refractivity contribution in [2.75, 3.05) is 19.5 Å². The molecule has 1 aliphatic rings. The predicted octanol–water partition coefficient (Wildman–Crippen LogP) is 4.90. The SMILES string of the molecule is COc1cc(C)c(NC(=O)CCc2cccc(OC3CCCC3)c2)cc1OC. The highest BCUT2D eigenvalue weighted by Gasteiger charge is 2.16. The molecule has 0 aromatic heterocycles. The molecule has 0 heterocycles. The van der Waals surface area contributed by atoms with Gasteiger partial charge in [-0.1, -0.05) is 12.1 Å². The number of hydrogen-bond donors (Lipinski definition) is 1. The van der Waals surface area contributed by atoms with Crippen molar-refractivity contribution in [3.8, 4) is 17.2 Å². The lowest BCUT2D eigenvalue weighted by Gasteiger charge is -2.14. The monoisotopic (exact) mass is 383 g/mol. The second-order valence-corrected chi connectivity index (χ2v) is 7.24. The summed E-state index contributed by atoms with van der Waals surface area (Å²) in [6.07, 6.45) is 6.18. The number of rotatable bonds is 8. The first kappa shape index (κ1) is 20.1. The van der Waals surface area contributed by atoms with Crippen LogP contribution in [0.1, 0.15) is 43.2 Å². The minimum atomic E-state index is -0.0302. The lowest BCUT2D eigenvalue weighted by Crippen LogP contribution is -2.14. The van der Waals surface area contributed by atoms with Crippen LogP contribution in [-0.4, -0.2) is 26.2 Å². The molecule has 3 rings (SSSR count). The van der Waals surface area contributed by atoms with E-state index in [2.05, 4.69) is 5.32 Å². The lowest BCUT2D eigenvalue weighted by atomic mass is 10.1. The Balaban J connectivity index is 1.57. The summed E-state index contributed by atoms with van der Waals surface area (Å²) in [7, 11) is 3.18. The Bertz CT molecular complexity index is 812. The van der Waals surface area contributed by atoms with E-state index in [1.54, 1.807) is 20.3 Å². The fraction of sp³-hybridized carbons (Fsp3) is 0.435. The van der Waals surface area contributed by atoms with Gasteiger partial charge in [-0.05, 0) is 68.4 Å². The van der Waals surface area contributed by atoms with Crippen molar-refractivity contribution in [2.24, 2.45) is 0 Å². The number of anilines is 1. The summed E-state index contributed by atoms with van der Waals surface area (Å²) < 4.78 is 16.7. The molecule has 0 bridgehead atoms. The van der Waals surface area contributed by atoms with Crippen LogP contribution >= 0.6 is 0 Å². The third-order valence-corrected chi connectivity index (χ3v) is 5.15. The van der Waals surface area contributed by atoms with Gasteiger partial charge in [0.15, 0.2) is 11.5 Å². The number of methoxy groups -OCH3 is 2. The van der Waals surface area contributed by atoms with E-state index in [4.69, 9.17) is 14.2 Å². The van der Waals surface area contributed by atoms with Gasteiger partial charge >= 0.3 is 0 Å². The Morgan fingerprint density at radius 2 is 1.79 bits per heavy atom. The van der Waals surface area contributed by atoms with Crippen LogP contribution in [0.4, 0.5) is 5.69 Å². The number of carbonyl (C=O) groups excluding carboxylic acids is 1. The van der Waals surface area contributed by atoms with Crippen molar-refractivity contribution in [2.45, 2.75) is 51.6 Å². The second kappa shape index (κ2) is 9.49. The molecule has 1 amide bonds. The topological polar surface area (TPSA) is 56.8 Å². The summed E-state index contributed by atoms with van der Waals surface area (Å²) >= 11 is 0. The van der Waals surface area contributed by atoms with Crippen molar-refractivity contribution >= 4 is 11.6 Å². The molecule has 5 nitrogen and oxygen atoms in total. The predicted molar refractivity (Wildman–Crippen MR) is 111 cm³/mol. The zero-order valence-corrected chi connectivity index (χ0v) is 16.9. The van der Waals surface area contributed by atoms with E-state index in [0.29, 0.717) is 30.4 Å². The van der Waals surface area contributed by atoms with Crippen LogP contribution in [0.3, 0.4) is 0 Å². The molecule has 0 atom stereocenters. The lowest BCUT2D eigenvalue weighted by molar-refractivity contribution is -0.116. The van der Waals surface area contributed by atoms with Gasteiger partial charge in [0.1, 0.15) is 5.75 Å². The average Bonchev–Trinajstić information content (AvgIpc) is 3.21. The van der Waals surface area contributed by atoms with Crippen LogP contribution in [0.15, 0.2) is 36.4 Å². The molecule has 0 radical (unpaired) electrons. The Morgan fingerprint density at radius 3 is 2.50 bits per heavy atom. The molecule has 0 spiro atoms. The number of ether oxygens (including phenoxy) is 3. The highest BCUT2D eigenvalue weighted by molar-refractivity contribution is 5.92. The summed E-state index contributed by atoms with van der Waals surface area (Å²) in [6.45, 7) is 1.93.